The third-order valence-corrected chi connectivity index (χ3v) is 4.52. The molecular formula is C16H20N6O. The van der Waals surface area contributed by atoms with Crippen LogP contribution in [-0.4, -0.2) is 37.3 Å². The van der Waals surface area contributed by atoms with E-state index in [0.717, 1.165) is 30.4 Å². The number of rotatable bonds is 4. The van der Waals surface area contributed by atoms with Crippen molar-refractivity contribution >= 4 is 22.9 Å². The Morgan fingerprint density at radius 2 is 2.22 bits per heavy atom. The second-order valence-electron chi connectivity index (χ2n) is 6.14. The van der Waals surface area contributed by atoms with Crippen molar-refractivity contribution in [2.45, 2.75) is 31.3 Å². The Kier molecular flexibility index (Phi) is 3.49. The quantitative estimate of drug-likeness (QED) is 0.742. The average Bonchev–Trinajstić information content (AvgIpc) is 3.26. The summed E-state index contributed by atoms with van der Waals surface area (Å²) >= 11 is 0. The van der Waals surface area contributed by atoms with E-state index in [1.165, 1.54) is 0 Å². The summed E-state index contributed by atoms with van der Waals surface area (Å²) in [5.41, 5.74) is 7.37. The summed E-state index contributed by atoms with van der Waals surface area (Å²) in [6.07, 6.45) is 13.2. The van der Waals surface area contributed by atoms with Gasteiger partial charge in [0.1, 0.15) is 0 Å². The summed E-state index contributed by atoms with van der Waals surface area (Å²) in [7, 11) is 0. The molecule has 0 bridgehead atoms. The highest BCUT2D eigenvalue weighted by molar-refractivity contribution is 5.84. The molecule has 0 spiro atoms. The smallest absolute Gasteiger partial charge is 0.224 e. The van der Waals surface area contributed by atoms with Crippen molar-refractivity contribution in [2.24, 2.45) is 5.92 Å². The lowest BCUT2D eigenvalue weighted by Gasteiger charge is -2.14. The van der Waals surface area contributed by atoms with Crippen molar-refractivity contribution < 1.29 is 5.11 Å². The number of nitrogens with one attached hydrogen (secondary N) is 1. The molecule has 0 aromatic carbocycles. The number of nitrogen functional groups attached to an aromatic ring is 1. The molecule has 2 heterocycles. The number of hydrogen-bond donors (Lipinski definition) is 3. The molecule has 7 nitrogen and oxygen atoms in total. The van der Waals surface area contributed by atoms with Gasteiger partial charge in [-0.1, -0.05) is 24.3 Å². The van der Waals surface area contributed by atoms with Crippen LogP contribution in [0.2, 0.25) is 0 Å². The van der Waals surface area contributed by atoms with Gasteiger partial charge in [0.15, 0.2) is 17.0 Å². The molecule has 2 aromatic rings. The molecule has 7 heteroatoms. The van der Waals surface area contributed by atoms with E-state index in [4.69, 9.17) is 5.73 Å². The molecule has 4 rings (SSSR count). The van der Waals surface area contributed by atoms with Gasteiger partial charge in [-0.2, -0.15) is 9.97 Å². The lowest BCUT2D eigenvalue weighted by Crippen LogP contribution is -2.16. The number of fused-ring (bicyclic) bond motifs is 1. The van der Waals surface area contributed by atoms with E-state index in [9.17, 15) is 5.11 Å². The van der Waals surface area contributed by atoms with Gasteiger partial charge in [-0.25, -0.2) is 4.98 Å². The standard InChI is InChI=1S/C16H20N6O/c17-16-20-14(19-11-3-1-2-4-11)13-15(21-16)22(9-18-13)12-6-5-10(7-12)8-23/h1,3,5-6,9-12,23H,2,4,7-8H2,(H3,17,19,20,21)/t10-,11?,12+/m0/s1. The van der Waals surface area contributed by atoms with Crippen molar-refractivity contribution in [1.82, 2.24) is 19.5 Å². The Hall–Kier alpha value is -2.41. The number of nitrogens with zero attached hydrogens (tertiary/aromatic N) is 4. The molecule has 0 saturated heterocycles. The summed E-state index contributed by atoms with van der Waals surface area (Å²) in [5, 5.41) is 12.7. The first-order chi connectivity index (χ1) is 11.2. The summed E-state index contributed by atoms with van der Waals surface area (Å²) in [6.45, 7) is 0.164. The van der Waals surface area contributed by atoms with Crippen LogP contribution < -0.4 is 11.1 Å². The molecule has 2 aliphatic carbocycles. The van der Waals surface area contributed by atoms with Gasteiger partial charge in [0.05, 0.1) is 12.4 Å². The van der Waals surface area contributed by atoms with Crippen LogP contribution in [0.15, 0.2) is 30.6 Å². The molecule has 0 amide bonds. The molecule has 0 saturated carbocycles. The Morgan fingerprint density at radius 3 is 2.96 bits per heavy atom. The zero-order valence-corrected chi connectivity index (χ0v) is 12.8. The zero-order valence-electron chi connectivity index (χ0n) is 12.8. The number of aromatic nitrogens is 4. The minimum absolute atomic E-state index is 0.144. The van der Waals surface area contributed by atoms with Gasteiger partial charge >= 0.3 is 0 Å². The topological polar surface area (TPSA) is 102 Å². The summed E-state index contributed by atoms with van der Waals surface area (Å²) in [4.78, 5) is 13.2. The molecule has 0 fully saturated rings. The molecule has 3 atom stereocenters. The number of anilines is 2. The molecular weight excluding hydrogens is 292 g/mol. The van der Waals surface area contributed by atoms with Crippen molar-refractivity contribution in [1.29, 1.82) is 0 Å². The van der Waals surface area contributed by atoms with Crippen LogP contribution in [0.4, 0.5) is 11.8 Å². The van der Waals surface area contributed by atoms with Crippen molar-refractivity contribution in [3.63, 3.8) is 0 Å². The number of allylic oxidation sites excluding steroid dienone is 2. The first-order valence-electron chi connectivity index (χ1n) is 7.97. The van der Waals surface area contributed by atoms with Crippen LogP contribution in [0, 0.1) is 5.92 Å². The number of aliphatic hydroxyl groups is 1. The molecule has 23 heavy (non-hydrogen) atoms. The molecule has 2 aliphatic rings. The number of imidazole rings is 1. The Bertz CT molecular complexity index is 780. The average molecular weight is 312 g/mol. The third kappa shape index (κ3) is 2.57. The van der Waals surface area contributed by atoms with Crippen molar-refractivity contribution in [3.05, 3.63) is 30.6 Å². The second-order valence-corrected chi connectivity index (χ2v) is 6.14. The minimum atomic E-state index is 0.144. The van der Waals surface area contributed by atoms with Gasteiger partial charge in [-0.3, -0.25) is 0 Å². The van der Waals surface area contributed by atoms with Gasteiger partial charge in [0.25, 0.3) is 0 Å². The Morgan fingerprint density at radius 1 is 1.30 bits per heavy atom. The largest absolute Gasteiger partial charge is 0.396 e. The Balaban J connectivity index is 1.70. The normalized spacial score (nSPS) is 26.4. The summed E-state index contributed by atoms with van der Waals surface area (Å²) < 4.78 is 2.01. The number of aliphatic hydroxyl groups excluding tert-OH is 1. The van der Waals surface area contributed by atoms with Crippen LogP contribution in [-0.2, 0) is 0 Å². The highest BCUT2D eigenvalue weighted by Crippen LogP contribution is 2.31. The van der Waals surface area contributed by atoms with Crippen LogP contribution in [0.5, 0.6) is 0 Å². The molecule has 4 N–H and O–H groups in total. The number of hydrogen-bond acceptors (Lipinski definition) is 6. The SMILES string of the molecule is Nc1nc(NC2C=CCC2)c2ncn([C@@H]3C=C[C@H](CO)C3)c2n1. The number of nitrogens with two attached hydrogens (primary N) is 1. The molecule has 1 unspecified atom stereocenters. The predicted octanol–water partition coefficient (Wildman–Crippen LogP) is 1.65. The van der Waals surface area contributed by atoms with Gasteiger partial charge < -0.3 is 20.7 Å². The molecule has 2 aromatic heterocycles. The maximum Gasteiger partial charge on any atom is 0.224 e. The second kappa shape index (κ2) is 5.66. The highest BCUT2D eigenvalue weighted by atomic mass is 16.3. The zero-order chi connectivity index (χ0) is 15.8. The van der Waals surface area contributed by atoms with E-state index in [-0.39, 0.29) is 30.6 Å². The summed E-state index contributed by atoms with van der Waals surface area (Å²) in [6, 6.07) is 0.411. The van der Waals surface area contributed by atoms with E-state index in [1.807, 2.05) is 10.6 Å². The Labute approximate surface area is 133 Å². The lowest BCUT2D eigenvalue weighted by molar-refractivity contribution is 0.244. The van der Waals surface area contributed by atoms with E-state index in [2.05, 4.69) is 38.5 Å². The van der Waals surface area contributed by atoms with Crippen molar-refractivity contribution in [2.75, 3.05) is 17.7 Å². The van der Waals surface area contributed by atoms with E-state index < -0.39 is 0 Å². The van der Waals surface area contributed by atoms with Gasteiger partial charge in [0.2, 0.25) is 5.95 Å². The molecule has 0 aliphatic heterocycles. The first kappa shape index (κ1) is 14.2. The van der Waals surface area contributed by atoms with Crippen LogP contribution in [0.25, 0.3) is 11.2 Å². The maximum absolute atomic E-state index is 9.30. The van der Waals surface area contributed by atoms with Crippen LogP contribution >= 0.6 is 0 Å². The monoisotopic (exact) mass is 312 g/mol. The fourth-order valence-electron chi connectivity index (χ4n) is 3.30. The van der Waals surface area contributed by atoms with Gasteiger partial charge in [0, 0.05) is 18.6 Å². The van der Waals surface area contributed by atoms with E-state index in [1.54, 1.807) is 6.33 Å². The van der Waals surface area contributed by atoms with Crippen LogP contribution in [0.3, 0.4) is 0 Å². The van der Waals surface area contributed by atoms with E-state index >= 15 is 0 Å². The lowest BCUT2D eigenvalue weighted by atomic mass is 10.1. The third-order valence-electron chi connectivity index (χ3n) is 4.52. The van der Waals surface area contributed by atoms with Gasteiger partial charge in [-0.15, -0.1) is 0 Å². The minimum Gasteiger partial charge on any atom is -0.396 e. The first-order valence-corrected chi connectivity index (χ1v) is 7.97. The van der Waals surface area contributed by atoms with Gasteiger partial charge in [-0.05, 0) is 19.3 Å². The molecule has 120 valence electrons. The van der Waals surface area contributed by atoms with E-state index in [0.29, 0.717) is 5.82 Å². The predicted molar refractivity (Wildman–Crippen MR) is 88.9 cm³/mol. The maximum atomic E-state index is 9.30. The highest BCUT2D eigenvalue weighted by Gasteiger charge is 2.23. The van der Waals surface area contributed by atoms with Crippen LogP contribution in [0.1, 0.15) is 25.3 Å². The molecule has 0 radical (unpaired) electrons. The fraction of sp³-hybridized carbons (Fsp3) is 0.438. The summed E-state index contributed by atoms with van der Waals surface area (Å²) in [5.74, 6) is 1.12. The van der Waals surface area contributed by atoms with Crippen molar-refractivity contribution in [3.8, 4) is 0 Å². The fourth-order valence-corrected chi connectivity index (χ4v) is 3.30.